The Hall–Kier alpha value is -3.75. The van der Waals surface area contributed by atoms with Gasteiger partial charge in [0.15, 0.2) is 0 Å². The van der Waals surface area contributed by atoms with Crippen molar-refractivity contribution in [2.24, 2.45) is 5.92 Å². The van der Waals surface area contributed by atoms with Crippen molar-refractivity contribution in [1.82, 2.24) is 4.72 Å². The van der Waals surface area contributed by atoms with Crippen molar-refractivity contribution in [2.45, 2.75) is 45.1 Å². The first-order valence-electron chi connectivity index (χ1n) is 12.0. The van der Waals surface area contributed by atoms with Gasteiger partial charge in [0.25, 0.3) is 0 Å². The minimum Gasteiger partial charge on any atom is -0.425 e. The van der Waals surface area contributed by atoms with Crippen LogP contribution < -0.4 is 15.1 Å². The van der Waals surface area contributed by atoms with Crippen LogP contribution in [0.1, 0.15) is 31.4 Å². The van der Waals surface area contributed by atoms with Gasteiger partial charge in [-0.15, -0.1) is 0 Å². The van der Waals surface area contributed by atoms with Gasteiger partial charge >= 0.3 is 11.6 Å². The molecule has 8 heteroatoms. The molecule has 192 valence electrons. The molecule has 7 nitrogen and oxygen atoms in total. The van der Waals surface area contributed by atoms with Crippen LogP contribution in [0.2, 0.25) is 0 Å². The van der Waals surface area contributed by atoms with E-state index in [1.807, 2.05) is 44.2 Å². The van der Waals surface area contributed by atoms with E-state index in [9.17, 15) is 18.0 Å². The van der Waals surface area contributed by atoms with Crippen molar-refractivity contribution in [1.29, 1.82) is 0 Å². The predicted molar refractivity (Wildman–Crippen MR) is 143 cm³/mol. The zero-order valence-electron chi connectivity index (χ0n) is 21.1. The monoisotopic (exact) mass is 519 g/mol. The SMILES string of the molecule is CC[C@@H](C)[C@H](NS(=O)(=O)c1ccc(C)cc1)C(=O)Oc1ccc2c(-c3ccccc3)cc(=O)oc2c1C. The van der Waals surface area contributed by atoms with Crippen LogP contribution >= 0.6 is 0 Å². The maximum atomic E-state index is 13.3. The van der Waals surface area contributed by atoms with Crippen LogP contribution in [-0.4, -0.2) is 20.4 Å². The van der Waals surface area contributed by atoms with E-state index in [-0.39, 0.29) is 16.6 Å². The van der Waals surface area contributed by atoms with E-state index in [4.69, 9.17) is 9.15 Å². The first kappa shape index (κ1) is 26.3. The molecular weight excluding hydrogens is 490 g/mol. The highest BCUT2D eigenvalue weighted by molar-refractivity contribution is 7.89. The lowest BCUT2D eigenvalue weighted by Gasteiger charge is -2.23. The molecule has 0 saturated carbocycles. The molecule has 0 bridgehead atoms. The van der Waals surface area contributed by atoms with Gasteiger partial charge in [0, 0.05) is 17.0 Å². The minimum atomic E-state index is -3.97. The van der Waals surface area contributed by atoms with Crippen LogP contribution in [-0.2, 0) is 14.8 Å². The van der Waals surface area contributed by atoms with Gasteiger partial charge in [-0.2, -0.15) is 4.72 Å². The number of fused-ring (bicyclic) bond motifs is 1. The van der Waals surface area contributed by atoms with Gasteiger partial charge in [-0.3, -0.25) is 0 Å². The number of ether oxygens (including phenoxy) is 1. The molecule has 0 aliphatic carbocycles. The molecule has 4 rings (SSSR count). The third kappa shape index (κ3) is 5.65. The van der Waals surface area contributed by atoms with Crippen molar-refractivity contribution in [3.05, 3.63) is 94.3 Å². The summed E-state index contributed by atoms with van der Waals surface area (Å²) in [5.74, 6) is -0.890. The average molecular weight is 520 g/mol. The lowest BCUT2D eigenvalue weighted by Crippen LogP contribution is -2.47. The summed E-state index contributed by atoms with van der Waals surface area (Å²) in [6, 6.07) is 19.5. The Bertz CT molecular complexity index is 1590. The molecule has 0 aliphatic rings. The van der Waals surface area contributed by atoms with Crippen molar-refractivity contribution in [3.8, 4) is 16.9 Å². The molecule has 2 atom stereocenters. The molecule has 1 heterocycles. The number of hydrogen-bond donors (Lipinski definition) is 1. The maximum absolute atomic E-state index is 13.3. The minimum absolute atomic E-state index is 0.0660. The summed E-state index contributed by atoms with van der Waals surface area (Å²) in [6.45, 7) is 7.20. The number of aryl methyl sites for hydroxylation is 2. The fourth-order valence-electron chi connectivity index (χ4n) is 4.07. The predicted octanol–water partition coefficient (Wildman–Crippen LogP) is 5.38. The van der Waals surface area contributed by atoms with Crippen LogP contribution in [0.25, 0.3) is 22.1 Å². The zero-order valence-corrected chi connectivity index (χ0v) is 22.0. The Morgan fingerprint density at radius 1 is 1.00 bits per heavy atom. The van der Waals surface area contributed by atoms with E-state index in [1.165, 1.54) is 18.2 Å². The van der Waals surface area contributed by atoms with E-state index in [0.29, 0.717) is 28.5 Å². The molecule has 0 aliphatic heterocycles. The van der Waals surface area contributed by atoms with Gasteiger partial charge in [-0.1, -0.05) is 68.3 Å². The number of hydrogen-bond acceptors (Lipinski definition) is 6. The molecule has 4 aromatic rings. The zero-order chi connectivity index (χ0) is 26.7. The largest absolute Gasteiger partial charge is 0.425 e. The Morgan fingerprint density at radius 2 is 1.68 bits per heavy atom. The van der Waals surface area contributed by atoms with E-state index in [1.54, 1.807) is 38.1 Å². The van der Waals surface area contributed by atoms with E-state index < -0.39 is 27.7 Å². The van der Waals surface area contributed by atoms with Crippen LogP contribution in [0, 0.1) is 19.8 Å². The number of rotatable bonds is 8. The van der Waals surface area contributed by atoms with Gasteiger partial charge in [-0.05, 0) is 55.2 Å². The number of nitrogens with one attached hydrogen (secondary N) is 1. The van der Waals surface area contributed by atoms with Gasteiger partial charge in [-0.25, -0.2) is 18.0 Å². The van der Waals surface area contributed by atoms with Crippen LogP contribution in [0.5, 0.6) is 5.75 Å². The number of benzene rings is 3. The highest BCUT2D eigenvalue weighted by Crippen LogP contribution is 2.33. The van der Waals surface area contributed by atoms with Gasteiger partial charge < -0.3 is 9.15 Å². The molecule has 0 fully saturated rings. The standard InChI is InChI=1S/C29H29NO6S/c1-5-19(3)27(30-37(33,34)22-13-11-18(2)12-14-22)29(32)35-25-16-15-23-24(21-9-7-6-8-10-21)17-26(31)36-28(23)20(25)4/h6-17,19,27,30H,5H2,1-4H3/t19-,27+/m1/s1. The molecule has 0 spiro atoms. The summed E-state index contributed by atoms with van der Waals surface area (Å²) in [4.78, 5) is 25.7. The van der Waals surface area contributed by atoms with Gasteiger partial charge in [0.05, 0.1) is 4.90 Å². The highest BCUT2D eigenvalue weighted by Gasteiger charge is 2.32. The summed E-state index contributed by atoms with van der Waals surface area (Å²) in [5.41, 5.74) is 2.72. The van der Waals surface area contributed by atoms with Crippen LogP contribution in [0.15, 0.2) is 86.9 Å². The number of carbonyl (C=O) groups excluding carboxylic acids is 1. The fraction of sp³-hybridized carbons (Fsp3) is 0.241. The van der Waals surface area contributed by atoms with Crippen molar-refractivity contribution < 1.29 is 22.4 Å². The summed E-state index contributed by atoms with van der Waals surface area (Å²) in [5, 5.41) is 0.696. The van der Waals surface area contributed by atoms with E-state index in [2.05, 4.69) is 4.72 Å². The quantitative estimate of drug-likeness (QED) is 0.191. The second-order valence-electron chi connectivity index (χ2n) is 9.13. The molecule has 0 radical (unpaired) electrons. The molecule has 0 unspecified atom stereocenters. The molecular formula is C29H29NO6S. The van der Waals surface area contributed by atoms with Crippen molar-refractivity contribution in [2.75, 3.05) is 0 Å². The number of carbonyl (C=O) groups is 1. The number of esters is 1. The normalized spacial score (nSPS) is 13.3. The number of sulfonamides is 1. The second-order valence-corrected chi connectivity index (χ2v) is 10.8. The molecule has 3 aromatic carbocycles. The molecule has 0 amide bonds. The summed E-state index contributed by atoms with van der Waals surface area (Å²) in [6.07, 6.45) is 0.544. The van der Waals surface area contributed by atoms with E-state index in [0.717, 1.165) is 11.1 Å². The molecule has 0 saturated heterocycles. The molecule has 1 N–H and O–H groups in total. The third-order valence-corrected chi connectivity index (χ3v) is 7.94. The smallest absolute Gasteiger partial charge is 0.336 e. The van der Waals surface area contributed by atoms with Crippen LogP contribution in [0.3, 0.4) is 0 Å². The van der Waals surface area contributed by atoms with Crippen LogP contribution in [0.4, 0.5) is 0 Å². The average Bonchev–Trinajstić information content (AvgIpc) is 2.89. The van der Waals surface area contributed by atoms with E-state index >= 15 is 0 Å². The summed E-state index contributed by atoms with van der Waals surface area (Å²) >= 11 is 0. The maximum Gasteiger partial charge on any atom is 0.336 e. The highest BCUT2D eigenvalue weighted by atomic mass is 32.2. The lowest BCUT2D eigenvalue weighted by atomic mass is 9.99. The lowest BCUT2D eigenvalue weighted by molar-refractivity contribution is -0.137. The van der Waals surface area contributed by atoms with Gasteiger partial charge in [0.2, 0.25) is 10.0 Å². The topological polar surface area (TPSA) is 103 Å². The summed E-state index contributed by atoms with van der Waals surface area (Å²) in [7, 11) is -3.97. The fourth-order valence-corrected chi connectivity index (χ4v) is 5.36. The Balaban J connectivity index is 1.68. The first-order chi connectivity index (χ1) is 17.6. The third-order valence-electron chi connectivity index (χ3n) is 6.49. The van der Waals surface area contributed by atoms with Crippen molar-refractivity contribution in [3.63, 3.8) is 0 Å². The first-order valence-corrected chi connectivity index (χ1v) is 13.5. The molecule has 1 aromatic heterocycles. The Labute approximate surface area is 216 Å². The summed E-state index contributed by atoms with van der Waals surface area (Å²) < 4.78 is 39.7. The second kappa shape index (κ2) is 10.7. The molecule has 37 heavy (non-hydrogen) atoms. The Morgan fingerprint density at radius 3 is 2.32 bits per heavy atom. The van der Waals surface area contributed by atoms with Gasteiger partial charge in [0.1, 0.15) is 17.4 Å². The Kier molecular flexibility index (Phi) is 7.61. The van der Waals surface area contributed by atoms with Crippen molar-refractivity contribution >= 4 is 27.0 Å².